The molecule has 0 unspecified atom stereocenters. The minimum absolute atomic E-state index is 0.0889. The van der Waals surface area contributed by atoms with Crippen molar-refractivity contribution in [2.24, 2.45) is 10.9 Å². The van der Waals surface area contributed by atoms with Gasteiger partial charge in [0.15, 0.2) is 5.84 Å². The molecule has 0 atom stereocenters. The molecule has 25 heavy (non-hydrogen) atoms. The smallest absolute Gasteiger partial charge is 0.335 e. The first kappa shape index (κ1) is 18.5. The van der Waals surface area contributed by atoms with Gasteiger partial charge in [0.1, 0.15) is 0 Å². The van der Waals surface area contributed by atoms with Gasteiger partial charge >= 0.3 is 5.97 Å². The van der Waals surface area contributed by atoms with Gasteiger partial charge in [-0.25, -0.2) is 4.79 Å². The molecular formula is C17H17N3O4S. The molecule has 0 radical (unpaired) electrons. The predicted molar refractivity (Wildman–Crippen MR) is 97.1 cm³/mol. The Morgan fingerprint density at radius 1 is 1.20 bits per heavy atom. The van der Waals surface area contributed by atoms with E-state index in [0.29, 0.717) is 11.3 Å². The molecule has 0 amide bonds. The number of nitro benzene ring substituents is 1. The molecule has 0 fully saturated rings. The zero-order valence-corrected chi connectivity index (χ0v) is 14.1. The minimum atomic E-state index is -0.535. The van der Waals surface area contributed by atoms with Crippen LogP contribution in [-0.2, 0) is 15.4 Å². The summed E-state index contributed by atoms with van der Waals surface area (Å²) in [6, 6.07) is 15.6. The van der Waals surface area contributed by atoms with Crippen LogP contribution in [0.3, 0.4) is 0 Å². The first-order valence-electron chi connectivity index (χ1n) is 7.46. The molecular weight excluding hydrogens is 342 g/mol. The quantitative estimate of drug-likeness (QED) is 0.194. The fourth-order valence-corrected chi connectivity index (χ4v) is 2.78. The first-order valence-corrected chi connectivity index (χ1v) is 8.61. The summed E-state index contributed by atoms with van der Waals surface area (Å²) >= 11 is 1.61. The number of benzene rings is 2. The number of oxime groups is 1. The number of carbonyl (C=O) groups excluding carboxylic acids is 1. The number of hydrogen-bond acceptors (Lipinski definition) is 6. The van der Waals surface area contributed by atoms with Gasteiger partial charge in [0.25, 0.3) is 5.69 Å². The van der Waals surface area contributed by atoms with Gasteiger partial charge in [0.05, 0.1) is 11.3 Å². The Balaban J connectivity index is 1.77. The fraction of sp³-hybridized carbons (Fsp3) is 0.176. The summed E-state index contributed by atoms with van der Waals surface area (Å²) in [7, 11) is 0. The highest BCUT2D eigenvalue weighted by Crippen LogP contribution is 2.14. The van der Waals surface area contributed by atoms with Crippen LogP contribution in [-0.4, -0.2) is 22.5 Å². The number of nitrogens with two attached hydrogens (primary N) is 1. The van der Waals surface area contributed by atoms with Crippen LogP contribution >= 0.6 is 11.8 Å². The Bertz CT molecular complexity index is 765. The summed E-state index contributed by atoms with van der Waals surface area (Å²) in [5, 5.41) is 14.3. The zero-order valence-electron chi connectivity index (χ0n) is 13.3. The maximum Gasteiger partial charge on any atom is 0.335 e. The van der Waals surface area contributed by atoms with E-state index in [-0.39, 0.29) is 17.9 Å². The Kier molecular flexibility index (Phi) is 6.97. The maximum absolute atomic E-state index is 11.7. The first-order chi connectivity index (χ1) is 12.1. The van der Waals surface area contributed by atoms with E-state index in [1.54, 1.807) is 17.8 Å². The van der Waals surface area contributed by atoms with Crippen molar-refractivity contribution < 1.29 is 14.6 Å². The largest absolute Gasteiger partial charge is 0.380 e. The summed E-state index contributed by atoms with van der Waals surface area (Å²) < 4.78 is 0. The van der Waals surface area contributed by atoms with E-state index in [1.165, 1.54) is 23.8 Å². The van der Waals surface area contributed by atoms with Gasteiger partial charge in [-0.3, -0.25) is 10.1 Å². The van der Waals surface area contributed by atoms with Gasteiger partial charge in [-0.2, -0.15) is 11.8 Å². The molecule has 0 aromatic heterocycles. The Morgan fingerprint density at radius 3 is 2.68 bits per heavy atom. The van der Waals surface area contributed by atoms with E-state index in [2.05, 4.69) is 5.16 Å². The lowest BCUT2D eigenvalue weighted by Gasteiger charge is -2.02. The van der Waals surface area contributed by atoms with Crippen molar-refractivity contribution >= 4 is 29.3 Å². The van der Waals surface area contributed by atoms with Crippen LogP contribution in [0.15, 0.2) is 59.8 Å². The third kappa shape index (κ3) is 6.27. The molecule has 2 aromatic carbocycles. The topological polar surface area (TPSA) is 108 Å². The molecule has 0 aliphatic heterocycles. The summed E-state index contributed by atoms with van der Waals surface area (Å²) in [5.41, 5.74) is 7.08. The molecule has 0 aliphatic carbocycles. The van der Waals surface area contributed by atoms with Crippen LogP contribution in [0.2, 0.25) is 0 Å². The number of nitro groups is 1. The van der Waals surface area contributed by atoms with Crippen LogP contribution in [0.1, 0.15) is 17.5 Å². The van der Waals surface area contributed by atoms with Crippen molar-refractivity contribution in [2.75, 3.05) is 5.75 Å². The number of nitrogens with zero attached hydrogens (tertiary/aromatic N) is 2. The molecule has 0 heterocycles. The lowest BCUT2D eigenvalue weighted by Crippen LogP contribution is -2.15. The Hall–Kier alpha value is -2.87. The zero-order chi connectivity index (χ0) is 18.1. The van der Waals surface area contributed by atoms with Gasteiger partial charge in [0, 0.05) is 29.2 Å². The highest BCUT2D eigenvalue weighted by atomic mass is 32.2. The van der Waals surface area contributed by atoms with Crippen LogP contribution < -0.4 is 5.73 Å². The molecule has 2 rings (SSSR count). The molecule has 0 spiro atoms. The summed E-state index contributed by atoms with van der Waals surface area (Å²) in [4.78, 5) is 26.6. The average molecular weight is 359 g/mol. The van der Waals surface area contributed by atoms with Gasteiger partial charge in [-0.1, -0.05) is 47.6 Å². The van der Waals surface area contributed by atoms with E-state index in [0.717, 1.165) is 5.75 Å². The second kappa shape index (κ2) is 9.43. The van der Waals surface area contributed by atoms with E-state index in [9.17, 15) is 14.9 Å². The average Bonchev–Trinajstić information content (AvgIpc) is 2.64. The predicted octanol–water partition coefficient (Wildman–Crippen LogP) is 3.08. The van der Waals surface area contributed by atoms with Crippen LogP contribution in [0.5, 0.6) is 0 Å². The van der Waals surface area contributed by atoms with Gasteiger partial charge in [-0.15, -0.1) is 0 Å². The van der Waals surface area contributed by atoms with Crippen LogP contribution in [0, 0.1) is 10.1 Å². The van der Waals surface area contributed by atoms with E-state index >= 15 is 0 Å². The summed E-state index contributed by atoms with van der Waals surface area (Å²) in [5.74, 6) is 0.815. The number of thioether (sulfide) groups is 1. The lowest BCUT2D eigenvalue weighted by atomic mass is 10.2. The molecule has 0 aliphatic rings. The summed E-state index contributed by atoms with van der Waals surface area (Å²) in [6.07, 6.45) is 0.198. The number of rotatable bonds is 8. The van der Waals surface area contributed by atoms with Crippen molar-refractivity contribution in [3.8, 4) is 0 Å². The lowest BCUT2D eigenvalue weighted by molar-refractivity contribution is -0.384. The van der Waals surface area contributed by atoms with E-state index < -0.39 is 10.9 Å². The third-order valence-corrected chi connectivity index (χ3v) is 4.19. The molecule has 2 aromatic rings. The second-order valence-corrected chi connectivity index (χ2v) is 6.14. The van der Waals surface area contributed by atoms with E-state index in [4.69, 9.17) is 10.6 Å². The summed E-state index contributed by atoms with van der Waals surface area (Å²) in [6.45, 7) is 0. The van der Waals surface area contributed by atoms with Crippen molar-refractivity contribution in [1.82, 2.24) is 0 Å². The molecule has 8 heteroatoms. The monoisotopic (exact) mass is 359 g/mol. The van der Waals surface area contributed by atoms with Crippen molar-refractivity contribution in [3.63, 3.8) is 0 Å². The van der Waals surface area contributed by atoms with Crippen LogP contribution in [0.25, 0.3) is 0 Å². The molecule has 0 bridgehead atoms. The molecule has 130 valence electrons. The Labute approximate surface area is 149 Å². The third-order valence-electron chi connectivity index (χ3n) is 3.16. The molecule has 7 nitrogen and oxygen atoms in total. The Morgan fingerprint density at radius 2 is 1.96 bits per heavy atom. The number of non-ortho nitro benzene ring substituents is 1. The van der Waals surface area contributed by atoms with E-state index in [1.807, 2.05) is 30.3 Å². The minimum Gasteiger partial charge on any atom is -0.380 e. The van der Waals surface area contributed by atoms with Gasteiger partial charge in [-0.05, 0) is 5.56 Å². The molecule has 2 N–H and O–H groups in total. The SMILES string of the molecule is N/C(=N/OC(=O)CCSCc1ccccc1)c1cccc([N+](=O)[O-])c1. The molecule has 0 saturated carbocycles. The van der Waals surface area contributed by atoms with Gasteiger partial charge in [0.2, 0.25) is 0 Å². The highest BCUT2D eigenvalue weighted by Gasteiger charge is 2.09. The number of amidine groups is 1. The number of hydrogen-bond donors (Lipinski definition) is 1. The van der Waals surface area contributed by atoms with Crippen molar-refractivity contribution in [2.45, 2.75) is 12.2 Å². The fourth-order valence-electron chi connectivity index (χ4n) is 1.90. The maximum atomic E-state index is 11.7. The van der Waals surface area contributed by atoms with Crippen molar-refractivity contribution in [1.29, 1.82) is 0 Å². The normalized spacial score (nSPS) is 11.1. The van der Waals surface area contributed by atoms with Gasteiger partial charge < -0.3 is 10.6 Å². The second-order valence-electron chi connectivity index (χ2n) is 5.04. The highest BCUT2D eigenvalue weighted by molar-refractivity contribution is 7.98. The molecule has 0 saturated heterocycles. The number of carbonyl (C=O) groups is 1. The van der Waals surface area contributed by atoms with Crippen LogP contribution in [0.4, 0.5) is 5.69 Å². The van der Waals surface area contributed by atoms with Crippen molar-refractivity contribution in [3.05, 3.63) is 75.8 Å². The standard InChI is InChI=1S/C17H17N3O4S/c18-17(14-7-4-8-15(11-14)20(22)23)19-24-16(21)9-10-25-12-13-5-2-1-3-6-13/h1-8,11H,9-10,12H2,(H2,18,19).